The molecular weight excluding hydrogens is 504 g/mol. The predicted molar refractivity (Wildman–Crippen MR) is 149 cm³/mol. The molecule has 1 aromatic heterocycles. The van der Waals surface area contributed by atoms with Crippen LogP contribution in [-0.2, 0) is 27.2 Å². The summed E-state index contributed by atoms with van der Waals surface area (Å²) in [4.78, 5) is 44.3. The van der Waals surface area contributed by atoms with Gasteiger partial charge in [-0.15, -0.1) is 11.3 Å². The molecule has 1 aliphatic carbocycles. The number of carbonyl (C=O) groups excluding carboxylic acids is 3. The van der Waals surface area contributed by atoms with E-state index in [0.717, 1.165) is 31.2 Å². The van der Waals surface area contributed by atoms with Crippen LogP contribution >= 0.6 is 11.3 Å². The highest BCUT2D eigenvalue weighted by Gasteiger charge is 2.28. The Hall–Kier alpha value is -3.14. The summed E-state index contributed by atoms with van der Waals surface area (Å²) in [6.45, 7) is 5.13. The zero-order valence-electron chi connectivity index (χ0n) is 22.9. The number of ether oxygens (including phenoxy) is 2. The number of hydrogen-bond acceptors (Lipinski definition) is 7. The minimum atomic E-state index is -0.268. The average Bonchev–Trinajstić information content (AvgIpc) is 3.34. The van der Waals surface area contributed by atoms with E-state index >= 15 is 0 Å². The maximum atomic E-state index is 13.1. The molecule has 1 heterocycles. The van der Waals surface area contributed by atoms with Crippen LogP contribution in [0.2, 0.25) is 0 Å². The van der Waals surface area contributed by atoms with Crippen LogP contribution in [0.25, 0.3) is 0 Å². The molecule has 0 atom stereocenters. The summed E-state index contributed by atoms with van der Waals surface area (Å²) in [6.07, 6.45) is 5.90. The van der Waals surface area contributed by atoms with Crippen molar-refractivity contribution in [3.05, 3.63) is 34.8 Å². The van der Waals surface area contributed by atoms with Gasteiger partial charge in [0.05, 0.1) is 32.9 Å². The number of amides is 3. The van der Waals surface area contributed by atoms with E-state index in [0.29, 0.717) is 41.8 Å². The molecule has 0 spiro atoms. The van der Waals surface area contributed by atoms with Crippen LogP contribution in [0.1, 0.15) is 57.2 Å². The minimum Gasteiger partial charge on any atom is -0.493 e. The fraction of sp³-hybridized carbons (Fsp3) is 0.571. The van der Waals surface area contributed by atoms with Gasteiger partial charge in [-0.05, 0) is 42.9 Å². The fourth-order valence-corrected chi connectivity index (χ4v) is 5.39. The molecule has 3 rings (SSSR count). The summed E-state index contributed by atoms with van der Waals surface area (Å²) in [5, 5.41) is 7.90. The number of carbonyl (C=O) groups is 3. The molecule has 1 saturated carbocycles. The van der Waals surface area contributed by atoms with Crippen molar-refractivity contribution in [1.29, 1.82) is 0 Å². The first kappa shape index (κ1) is 29.4. The number of nitrogens with one attached hydrogen (secondary N) is 2. The highest BCUT2D eigenvalue weighted by atomic mass is 32.1. The Labute approximate surface area is 229 Å². The highest BCUT2D eigenvalue weighted by molar-refractivity contribution is 7.13. The molecular formula is C28H40N4O5S. The molecule has 2 N–H and O–H groups in total. The Morgan fingerprint density at radius 2 is 1.82 bits per heavy atom. The Balaban J connectivity index is 1.46. The molecule has 38 heavy (non-hydrogen) atoms. The van der Waals surface area contributed by atoms with Crippen molar-refractivity contribution < 1.29 is 23.9 Å². The van der Waals surface area contributed by atoms with Crippen molar-refractivity contribution in [3.63, 3.8) is 0 Å². The fourth-order valence-electron chi connectivity index (χ4n) is 4.67. The summed E-state index contributed by atoms with van der Waals surface area (Å²) < 4.78 is 10.6. The van der Waals surface area contributed by atoms with E-state index in [1.54, 1.807) is 24.5 Å². The standard InChI is InChI=1S/C28H40N4O5S/c1-19(2)16-32(27(35)21-8-6-5-7-9-21)17-26(34)31-28-30-22(18-38-28)15-25(33)29-13-12-20-10-11-23(36-3)24(14-20)37-4/h10-11,14,18-19,21H,5-9,12-13,15-17H2,1-4H3,(H,29,33)(H,30,31,34). The van der Waals surface area contributed by atoms with Crippen LogP contribution in [0.5, 0.6) is 11.5 Å². The number of benzene rings is 1. The first-order valence-electron chi connectivity index (χ1n) is 13.3. The highest BCUT2D eigenvalue weighted by Crippen LogP contribution is 2.28. The molecule has 3 amide bonds. The normalized spacial score (nSPS) is 13.7. The van der Waals surface area contributed by atoms with E-state index in [4.69, 9.17) is 9.47 Å². The third-order valence-corrected chi connectivity index (χ3v) is 7.32. The molecule has 1 aliphatic rings. The van der Waals surface area contributed by atoms with Gasteiger partial charge in [-0.25, -0.2) is 4.98 Å². The Bertz CT molecular complexity index is 1080. The lowest BCUT2D eigenvalue weighted by atomic mass is 9.88. The zero-order valence-corrected chi connectivity index (χ0v) is 23.7. The monoisotopic (exact) mass is 544 g/mol. The van der Waals surface area contributed by atoms with E-state index in [-0.39, 0.29) is 42.5 Å². The van der Waals surface area contributed by atoms with Gasteiger partial charge in [0.1, 0.15) is 0 Å². The largest absolute Gasteiger partial charge is 0.493 e. The summed E-state index contributed by atoms with van der Waals surface area (Å²) in [5.74, 6) is 1.27. The molecule has 1 fully saturated rings. The lowest BCUT2D eigenvalue weighted by Crippen LogP contribution is -2.43. The van der Waals surface area contributed by atoms with Gasteiger partial charge in [0.2, 0.25) is 17.7 Å². The molecule has 0 aliphatic heterocycles. The third kappa shape index (κ3) is 9.01. The second-order valence-electron chi connectivity index (χ2n) is 10.1. The van der Waals surface area contributed by atoms with E-state index in [9.17, 15) is 14.4 Å². The van der Waals surface area contributed by atoms with Gasteiger partial charge in [-0.3, -0.25) is 14.4 Å². The number of methoxy groups -OCH3 is 2. The Morgan fingerprint density at radius 1 is 1.08 bits per heavy atom. The van der Waals surface area contributed by atoms with E-state index in [2.05, 4.69) is 15.6 Å². The van der Waals surface area contributed by atoms with Gasteiger partial charge in [-0.1, -0.05) is 39.2 Å². The van der Waals surface area contributed by atoms with Crippen molar-refractivity contribution >= 4 is 34.2 Å². The molecule has 1 aromatic carbocycles. The molecule has 208 valence electrons. The second-order valence-corrected chi connectivity index (χ2v) is 11.0. The van der Waals surface area contributed by atoms with Crippen LogP contribution in [0, 0.1) is 11.8 Å². The quantitative estimate of drug-likeness (QED) is 0.394. The number of aromatic nitrogens is 1. The Morgan fingerprint density at radius 3 is 2.50 bits per heavy atom. The molecule has 0 radical (unpaired) electrons. The van der Waals surface area contributed by atoms with E-state index in [1.165, 1.54) is 17.8 Å². The van der Waals surface area contributed by atoms with E-state index in [1.807, 2.05) is 32.0 Å². The minimum absolute atomic E-state index is 0.0130. The molecule has 9 nitrogen and oxygen atoms in total. The maximum absolute atomic E-state index is 13.1. The van der Waals surface area contributed by atoms with Crippen molar-refractivity contribution in [2.45, 2.75) is 58.8 Å². The Kier molecular flexibility index (Phi) is 11.4. The summed E-state index contributed by atoms with van der Waals surface area (Å²) in [6, 6.07) is 5.67. The van der Waals surface area contributed by atoms with Gasteiger partial charge < -0.3 is 25.0 Å². The van der Waals surface area contributed by atoms with Crippen LogP contribution in [0.4, 0.5) is 5.13 Å². The number of hydrogen-bond donors (Lipinski definition) is 2. The lowest BCUT2D eigenvalue weighted by Gasteiger charge is -2.30. The van der Waals surface area contributed by atoms with Gasteiger partial charge in [-0.2, -0.15) is 0 Å². The third-order valence-electron chi connectivity index (χ3n) is 6.51. The van der Waals surface area contributed by atoms with E-state index < -0.39 is 0 Å². The predicted octanol–water partition coefficient (Wildman–Crippen LogP) is 4.07. The topological polar surface area (TPSA) is 110 Å². The lowest BCUT2D eigenvalue weighted by molar-refractivity contribution is -0.139. The summed E-state index contributed by atoms with van der Waals surface area (Å²) in [5.41, 5.74) is 1.61. The van der Waals surface area contributed by atoms with Crippen molar-refractivity contribution in [2.75, 3.05) is 39.2 Å². The maximum Gasteiger partial charge on any atom is 0.245 e. The molecule has 0 saturated heterocycles. The molecule has 0 bridgehead atoms. The number of anilines is 1. The molecule has 0 unspecified atom stereocenters. The van der Waals surface area contributed by atoms with Crippen LogP contribution in [-0.4, -0.2) is 61.5 Å². The SMILES string of the molecule is COc1ccc(CCNC(=O)Cc2csc(NC(=O)CN(CC(C)C)C(=O)C3CCCCC3)n2)cc1OC. The van der Waals surface area contributed by atoms with Crippen LogP contribution in [0.3, 0.4) is 0 Å². The summed E-state index contributed by atoms with van der Waals surface area (Å²) in [7, 11) is 3.18. The molecule has 2 aromatic rings. The average molecular weight is 545 g/mol. The van der Waals surface area contributed by atoms with Gasteiger partial charge in [0, 0.05) is 24.4 Å². The number of rotatable bonds is 13. The van der Waals surface area contributed by atoms with Gasteiger partial charge in [0.15, 0.2) is 16.6 Å². The van der Waals surface area contributed by atoms with Gasteiger partial charge in [0.25, 0.3) is 0 Å². The van der Waals surface area contributed by atoms with Gasteiger partial charge >= 0.3 is 0 Å². The summed E-state index contributed by atoms with van der Waals surface area (Å²) >= 11 is 1.27. The first-order chi connectivity index (χ1) is 18.3. The number of thiazole rings is 1. The van der Waals surface area contributed by atoms with Crippen molar-refractivity contribution in [1.82, 2.24) is 15.2 Å². The number of nitrogens with zero attached hydrogens (tertiary/aromatic N) is 2. The first-order valence-corrected chi connectivity index (χ1v) is 14.2. The van der Waals surface area contributed by atoms with Crippen molar-refractivity contribution in [2.24, 2.45) is 11.8 Å². The van der Waals surface area contributed by atoms with Crippen molar-refractivity contribution in [3.8, 4) is 11.5 Å². The van der Waals surface area contributed by atoms with Crippen LogP contribution in [0.15, 0.2) is 23.6 Å². The van der Waals surface area contributed by atoms with Crippen LogP contribution < -0.4 is 20.1 Å². The molecule has 10 heteroatoms. The zero-order chi connectivity index (χ0) is 27.5. The second kappa shape index (κ2) is 14.7. The smallest absolute Gasteiger partial charge is 0.245 e.